The molecule has 0 saturated heterocycles. The molecule has 120 valence electrons. The van der Waals surface area contributed by atoms with Crippen LogP contribution in [0.2, 0.25) is 0 Å². The second-order valence-electron chi connectivity index (χ2n) is 5.38. The summed E-state index contributed by atoms with van der Waals surface area (Å²) in [5.41, 5.74) is 10.4. The van der Waals surface area contributed by atoms with Crippen LogP contribution in [-0.4, -0.2) is 11.7 Å². The molecule has 3 N–H and O–H groups in total. The van der Waals surface area contributed by atoms with Crippen LogP contribution < -0.4 is 10.5 Å². The number of rotatable bonds is 6. The van der Waals surface area contributed by atoms with E-state index < -0.39 is 0 Å². The van der Waals surface area contributed by atoms with Crippen LogP contribution >= 0.6 is 12.4 Å². The fourth-order valence-corrected chi connectivity index (χ4v) is 2.46. The van der Waals surface area contributed by atoms with Gasteiger partial charge in [0, 0.05) is 12.6 Å². The molecule has 1 atom stereocenters. The highest BCUT2D eigenvalue weighted by Gasteiger charge is 2.11. The summed E-state index contributed by atoms with van der Waals surface area (Å²) in [4.78, 5) is 0. The largest absolute Gasteiger partial charge is 0.488 e. The Morgan fingerprint density at radius 3 is 2.23 bits per heavy atom. The third-order valence-electron chi connectivity index (χ3n) is 3.58. The molecule has 0 spiro atoms. The van der Waals surface area contributed by atoms with Gasteiger partial charge in [-0.05, 0) is 42.5 Å². The molecule has 2 aromatic rings. The van der Waals surface area contributed by atoms with Crippen molar-refractivity contribution in [2.75, 3.05) is 6.61 Å². The van der Waals surface area contributed by atoms with Crippen molar-refractivity contribution in [3.8, 4) is 5.75 Å². The van der Waals surface area contributed by atoms with Crippen LogP contribution in [-0.2, 0) is 6.61 Å². The van der Waals surface area contributed by atoms with E-state index in [9.17, 15) is 0 Å². The average molecular weight is 322 g/mol. The van der Waals surface area contributed by atoms with Crippen LogP contribution in [0.1, 0.15) is 34.7 Å². The standard InChI is InChI=1S/C18H23NO2.ClH/c1-13-10-16(17(19)8-9-20)11-14(2)18(13)21-12-15-6-4-3-5-7-15;/h3-7,10-11,17,20H,8-9,12,19H2,1-2H3;1H/t17-;/m0./s1. The zero-order chi connectivity index (χ0) is 15.2. The molecule has 3 nitrogen and oxygen atoms in total. The maximum Gasteiger partial charge on any atom is 0.125 e. The maximum atomic E-state index is 9.00. The highest BCUT2D eigenvalue weighted by Crippen LogP contribution is 2.28. The average Bonchev–Trinajstić information content (AvgIpc) is 2.47. The third kappa shape index (κ3) is 4.73. The van der Waals surface area contributed by atoms with Crippen molar-refractivity contribution in [1.29, 1.82) is 0 Å². The maximum absolute atomic E-state index is 9.00. The van der Waals surface area contributed by atoms with E-state index >= 15 is 0 Å². The smallest absolute Gasteiger partial charge is 0.125 e. The van der Waals surface area contributed by atoms with E-state index in [1.165, 1.54) is 0 Å². The summed E-state index contributed by atoms with van der Waals surface area (Å²) in [6.07, 6.45) is 0.573. The number of nitrogens with two attached hydrogens (primary N) is 1. The van der Waals surface area contributed by atoms with Crippen LogP contribution in [0, 0.1) is 13.8 Å². The minimum absolute atomic E-state index is 0. The van der Waals surface area contributed by atoms with E-state index in [0.29, 0.717) is 13.0 Å². The lowest BCUT2D eigenvalue weighted by Gasteiger charge is -2.17. The molecule has 0 unspecified atom stereocenters. The van der Waals surface area contributed by atoms with Gasteiger partial charge in [0.2, 0.25) is 0 Å². The van der Waals surface area contributed by atoms with Gasteiger partial charge in [0.1, 0.15) is 12.4 Å². The summed E-state index contributed by atoms with van der Waals surface area (Å²) in [6.45, 7) is 4.72. The molecule has 0 aliphatic heterocycles. The topological polar surface area (TPSA) is 55.5 Å². The van der Waals surface area contributed by atoms with Gasteiger partial charge in [-0.1, -0.05) is 42.5 Å². The Labute approximate surface area is 138 Å². The van der Waals surface area contributed by atoms with Crippen molar-refractivity contribution < 1.29 is 9.84 Å². The monoisotopic (exact) mass is 321 g/mol. The Balaban J connectivity index is 0.00000242. The number of halogens is 1. The Kier molecular flexibility index (Phi) is 7.39. The van der Waals surface area contributed by atoms with Gasteiger partial charge < -0.3 is 15.6 Å². The van der Waals surface area contributed by atoms with Gasteiger partial charge in [-0.25, -0.2) is 0 Å². The van der Waals surface area contributed by atoms with Gasteiger partial charge in [0.25, 0.3) is 0 Å². The summed E-state index contributed by atoms with van der Waals surface area (Å²) in [5.74, 6) is 0.916. The SMILES string of the molecule is Cc1cc([C@@H](N)CCO)cc(C)c1OCc1ccccc1.Cl. The Morgan fingerprint density at radius 2 is 1.68 bits per heavy atom. The van der Waals surface area contributed by atoms with E-state index in [1.54, 1.807) is 0 Å². The van der Waals surface area contributed by atoms with E-state index in [0.717, 1.165) is 28.0 Å². The molecular formula is C18H24ClNO2. The summed E-state index contributed by atoms with van der Waals surface area (Å²) in [6, 6.07) is 14.1. The molecular weight excluding hydrogens is 298 g/mol. The van der Waals surface area contributed by atoms with E-state index in [-0.39, 0.29) is 25.1 Å². The summed E-state index contributed by atoms with van der Waals surface area (Å²) in [7, 11) is 0. The van der Waals surface area contributed by atoms with E-state index in [1.807, 2.05) is 44.2 Å². The van der Waals surface area contributed by atoms with Crippen molar-refractivity contribution in [2.24, 2.45) is 5.73 Å². The minimum Gasteiger partial charge on any atom is -0.488 e. The quantitative estimate of drug-likeness (QED) is 0.853. The van der Waals surface area contributed by atoms with Crippen LogP contribution in [0.25, 0.3) is 0 Å². The van der Waals surface area contributed by atoms with Gasteiger partial charge in [-0.15, -0.1) is 12.4 Å². The fourth-order valence-electron chi connectivity index (χ4n) is 2.46. The first-order chi connectivity index (χ1) is 10.1. The second-order valence-corrected chi connectivity index (χ2v) is 5.38. The predicted octanol–water partition coefficient (Wildman–Crippen LogP) is 3.69. The number of aliphatic hydroxyl groups excluding tert-OH is 1. The van der Waals surface area contributed by atoms with E-state index in [2.05, 4.69) is 12.1 Å². The van der Waals surface area contributed by atoms with Gasteiger partial charge in [-0.3, -0.25) is 0 Å². The molecule has 0 aliphatic rings. The number of hydrogen-bond acceptors (Lipinski definition) is 3. The van der Waals surface area contributed by atoms with Crippen LogP contribution in [0.3, 0.4) is 0 Å². The van der Waals surface area contributed by atoms with Crippen molar-refractivity contribution in [3.63, 3.8) is 0 Å². The summed E-state index contributed by atoms with van der Waals surface area (Å²) >= 11 is 0. The molecule has 4 heteroatoms. The van der Waals surface area contributed by atoms with Crippen LogP contribution in [0.5, 0.6) is 5.75 Å². The highest BCUT2D eigenvalue weighted by atomic mass is 35.5. The minimum atomic E-state index is -0.129. The van der Waals surface area contributed by atoms with Crippen molar-refractivity contribution in [1.82, 2.24) is 0 Å². The molecule has 0 bridgehead atoms. The number of ether oxygens (including phenoxy) is 1. The highest BCUT2D eigenvalue weighted by molar-refractivity contribution is 5.85. The number of hydrogen-bond donors (Lipinski definition) is 2. The Hall–Kier alpha value is -1.55. The van der Waals surface area contributed by atoms with Crippen molar-refractivity contribution >= 4 is 12.4 Å². The lowest BCUT2D eigenvalue weighted by molar-refractivity contribution is 0.276. The summed E-state index contributed by atoms with van der Waals surface area (Å²) < 4.78 is 5.96. The number of aryl methyl sites for hydroxylation is 2. The molecule has 0 heterocycles. The molecule has 0 amide bonds. The first-order valence-electron chi connectivity index (χ1n) is 7.26. The molecule has 22 heavy (non-hydrogen) atoms. The molecule has 0 fully saturated rings. The molecule has 0 aromatic heterocycles. The zero-order valence-electron chi connectivity index (χ0n) is 13.1. The fraction of sp³-hybridized carbons (Fsp3) is 0.333. The first kappa shape index (κ1) is 18.5. The lowest BCUT2D eigenvalue weighted by Crippen LogP contribution is -2.12. The molecule has 2 rings (SSSR count). The normalized spacial score (nSPS) is 11.6. The molecule has 0 radical (unpaired) electrons. The van der Waals surface area contributed by atoms with Gasteiger partial charge in [0.05, 0.1) is 0 Å². The van der Waals surface area contributed by atoms with E-state index in [4.69, 9.17) is 15.6 Å². The molecule has 0 aliphatic carbocycles. The van der Waals surface area contributed by atoms with Gasteiger partial charge in [0.15, 0.2) is 0 Å². The van der Waals surface area contributed by atoms with Gasteiger partial charge >= 0.3 is 0 Å². The van der Waals surface area contributed by atoms with Gasteiger partial charge in [-0.2, -0.15) is 0 Å². The molecule has 0 saturated carbocycles. The first-order valence-corrected chi connectivity index (χ1v) is 7.26. The second kappa shape index (κ2) is 8.79. The molecule has 2 aromatic carbocycles. The Bertz CT molecular complexity index is 564. The zero-order valence-corrected chi connectivity index (χ0v) is 13.9. The van der Waals surface area contributed by atoms with Crippen LogP contribution in [0.4, 0.5) is 0 Å². The lowest BCUT2D eigenvalue weighted by atomic mass is 9.99. The third-order valence-corrected chi connectivity index (χ3v) is 3.58. The summed E-state index contributed by atoms with van der Waals surface area (Å²) in [5, 5.41) is 9.00. The van der Waals surface area contributed by atoms with Crippen molar-refractivity contribution in [3.05, 3.63) is 64.7 Å². The predicted molar refractivity (Wildman–Crippen MR) is 92.6 cm³/mol. The van der Waals surface area contributed by atoms with Crippen LogP contribution in [0.15, 0.2) is 42.5 Å². The Morgan fingerprint density at radius 1 is 1.09 bits per heavy atom. The number of aliphatic hydroxyl groups is 1. The van der Waals surface area contributed by atoms with Crippen molar-refractivity contribution in [2.45, 2.75) is 32.9 Å². The number of benzene rings is 2.